The van der Waals surface area contributed by atoms with Gasteiger partial charge < -0.3 is 9.88 Å². The van der Waals surface area contributed by atoms with Gasteiger partial charge in [-0.3, -0.25) is 4.79 Å². The fraction of sp³-hybridized carbons (Fsp3) is 0.609. The molecule has 3 rings (SSSR count). The third kappa shape index (κ3) is 4.81. The van der Waals surface area contributed by atoms with Crippen molar-refractivity contribution in [1.29, 1.82) is 0 Å². The highest BCUT2D eigenvalue weighted by atomic mass is 16.1. The summed E-state index contributed by atoms with van der Waals surface area (Å²) in [4.78, 5) is 12.4. The molecule has 1 N–H and O–H groups in total. The van der Waals surface area contributed by atoms with Crippen LogP contribution in [0.25, 0.3) is 0 Å². The van der Waals surface area contributed by atoms with Gasteiger partial charge in [0.25, 0.3) is 0 Å². The van der Waals surface area contributed by atoms with Gasteiger partial charge >= 0.3 is 0 Å². The summed E-state index contributed by atoms with van der Waals surface area (Å²) in [6, 6.07) is 8.96. The SMILES string of the molecule is CCCC(CCC)NC(=O)CCc1nnc(C2Cc3ccccc3C2)n1CC. The van der Waals surface area contributed by atoms with Gasteiger partial charge in [-0.2, -0.15) is 0 Å². The maximum atomic E-state index is 12.4. The minimum atomic E-state index is 0.132. The molecule has 1 heterocycles. The summed E-state index contributed by atoms with van der Waals surface area (Å²) in [7, 11) is 0. The molecule has 0 atom stereocenters. The molecule has 1 aromatic carbocycles. The van der Waals surface area contributed by atoms with E-state index in [4.69, 9.17) is 0 Å². The Kier molecular flexibility index (Phi) is 7.24. The van der Waals surface area contributed by atoms with Crippen LogP contribution in [0.15, 0.2) is 24.3 Å². The van der Waals surface area contributed by atoms with Crippen LogP contribution in [0.3, 0.4) is 0 Å². The Morgan fingerprint density at radius 1 is 1.11 bits per heavy atom. The predicted octanol–water partition coefficient (Wildman–Crippen LogP) is 4.20. The van der Waals surface area contributed by atoms with Crippen molar-refractivity contribution in [3.63, 3.8) is 0 Å². The minimum absolute atomic E-state index is 0.132. The smallest absolute Gasteiger partial charge is 0.220 e. The average molecular weight is 383 g/mol. The number of hydrogen-bond acceptors (Lipinski definition) is 3. The lowest BCUT2D eigenvalue weighted by Crippen LogP contribution is -2.34. The number of benzene rings is 1. The molecule has 0 fully saturated rings. The van der Waals surface area contributed by atoms with E-state index in [2.05, 4.69) is 65.1 Å². The Balaban J connectivity index is 1.61. The fourth-order valence-electron chi connectivity index (χ4n) is 4.43. The number of aromatic nitrogens is 3. The van der Waals surface area contributed by atoms with E-state index >= 15 is 0 Å². The third-order valence-corrected chi connectivity index (χ3v) is 5.80. The number of fused-ring (bicyclic) bond motifs is 1. The zero-order valence-corrected chi connectivity index (χ0v) is 17.6. The molecule has 0 aliphatic heterocycles. The Morgan fingerprint density at radius 3 is 2.32 bits per heavy atom. The number of carbonyl (C=O) groups is 1. The zero-order chi connectivity index (χ0) is 19.9. The first-order valence-corrected chi connectivity index (χ1v) is 10.9. The quantitative estimate of drug-likeness (QED) is 0.670. The van der Waals surface area contributed by atoms with Gasteiger partial charge in [0.05, 0.1) is 0 Å². The van der Waals surface area contributed by atoms with Crippen molar-refractivity contribution in [1.82, 2.24) is 20.1 Å². The van der Waals surface area contributed by atoms with Crippen LogP contribution in [0.5, 0.6) is 0 Å². The van der Waals surface area contributed by atoms with Gasteiger partial charge in [0.2, 0.25) is 5.91 Å². The molecule has 152 valence electrons. The van der Waals surface area contributed by atoms with Crippen LogP contribution >= 0.6 is 0 Å². The second kappa shape index (κ2) is 9.85. The second-order valence-electron chi connectivity index (χ2n) is 7.93. The molecule has 1 amide bonds. The number of carbonyl (C=O) groups excluding carboxylic acids is 1. The van der Waals surface area contributed by atoms with Crippen molar-refractivity contribution in [3.8, 4) is 0 Å². The van der Waals surface area contributed by atoms with Crippen LogP contribution in [0, 0.1) is 0 Å². The first kappa shape index (κ1) is 20.6. The monoisotopic (exact) mass is 382 g/mol. The van der Waals surface area contributed by atoms with Crippen molar-refractivity contribution in [3.05, 3.63) is 47.0 Å². The maximum Gasteiger partial charge on any atom is 0.220 e. The lowest BCUT2D eigenvalue weighted by molar-refractivity contribution is -0.121. The van der Waals surface area contributed by atoms with E-state index in [0.717, 1.165) is 56.7 Å². The van der Waals surface area contributed by atoms with Crippen molar-refractivity contribution in [2.24, 2.45) is 0 Å². The molecule has 0 spiro atoms. The highest BCUT2D eigenvalue weighted by Gasteiger charge is 2.27. The molecule has 2 aromatic rings. The second-order valence-corrected chi connectivity index (χ2v) is 7.93. The van der Waals surface area contributed by atoms with Crippen molar-refractivity contribution in [2.75, 3.05) is 0 Å². The van der Waals surface area contributed by atoms with E-state index in [-0.39, 0.29) is 5.91 Å². The molecule has 0 bridgehead atoms. The summed E-state index contributed by atoms with van der Waals surface area (Å²) < 4.78 is 2.22. The van der Waals surface area contributed by atoms with Gasteiger partial charge in [0.1, 0.15) is 11.6 Å². The summed E-state index contributed by atoms with van der Waals surface area (Å²) >= 11 is 0. The van der Waals surface area contributed by atoms with Crippen molar-refractivity contribution < 1.29 is 4.79 Å². The van der Waals surface area contributed by atoms with E-state index in [1.807, 2.05) is 0 Å². The van der Waals surface area contributed by atoms with Crippen LogP contribution in [0.4, 0.5) is 0 Å². The molecule has 28 heavy (non-hydrogen) atoms. The molecular weight excluding hydrogens is 348 g/mol. The normalized spacial score (nSPS) is 13.9. The van der Waals surface area contributed by atoms with Gasteiger partial charge in [0, 0.05) is 31.3 Å². The summed E-state index contributed by atoms with van der Waals surface area (Å²) in [6.07, 6.45) is 7.50. The number of amides is 1. The van der Waals surface area contributed by atoms with Gasteiger partial charge in [-0.25, -0.2) is 0 Å². The molecule has 1 aliphatic rings. The Bertz CT molecular complexity index is 752. The lowest BCUT2D eigenvalue weighted by atomic mass is 10.1. The Morgan fingerprint density at radius 2 is 1.75 bits per heavy atom. The molecule has 0 radical (unpaired) electrons. The summed E-state index contributed by atoms with van der Waals surface area (Å²) in [5.41, 5.74) is 2.86. The van der Waals surface area contributed by atoms with Gasteiger partial charge in [-0.15, -0.1) is 10.2 Å². The summed E-state index contributed by atoms with van der Waals surface area (Å²) in [5, 5.41) is 12.2. The standard InChI is InChI=1S/C23H34N4O/c1-4-9-20(10-5-2)24-22(28)14-13-21-25-26-23(27(21)6-3)19-15-17-11-7-8-12-18(17)16-19/h7-8,11-12,19-20H,4-6,9-10,13-16H2,1-3H3,(H,24,28). The molecule has 0 saturated heterocycles. The van der Waals surface area contributed by atoms with Crippen LogP contribution in [0.2, 0.25) is 0 Å². The highest BCUT2D eigenvalue weighted by molar-refractivity contribution is 5.76. The highest BCUT2D eigenvalue weighted by Crippen LogP contribution is 2.33. The van der Waals surface area contributed by atoms with Crippen molar-refractivity contribution in [2.45, 2.75) is 90.6 Å². The van der Waals surface area contributed by atoms with Gasteiger partial charge in [0.15, 0.2) is 0 Å². The van der Waals surface area contributed by atoms with Crippen LogP contribution < -0.4 is 5.32 Å². The van der Waals surface area contributed by atoms with E-state index < -0.39 is 0 Å². The largest absolute Gasteiger partial charge is 0.353 e. The molecule has 1 aliphatic carbocycles. The Hall–Kier alpha value is -2.17. The van der Waals surface area contributed by atoms with E-state index in [1.54, 1.807) is 0 Å². The minimum Gasteiger partial charge on any atom is -0.353 e. The Labute approximate surface area is 168 Å². The summed E-state index contributed by atoms with van der Waals surface area (Å²) in [6.45, 7) is 7.32. The van der Waals surface area contributed by atoms with Crippen LogP contribution in [-0.4, -0.2) is 26.7 Å². The van der Waals surface area contributed by atoms with E-state index in [1.165, 1.54) is 11.1 Å². The molecule has 5 heteroatoms. The predicted molar refractivity (Wildman–Crippen MR) is 112 cm³/mol. The average Bonchev–Trinajstić information content (AvgIpc) is 3.30. The third-order valence-electron chi connectivity index (χ3n) is 5.80. The number of hydrogen-bond donors (Lipinski definition) is 1. The number of nitrogens with zero attached hydrogens (tertiary/aromatic N) is 3. The molecule has 1 aromatic heterocycles. The van der Waals surface area contributed by atoms with Gasteiger partial charge in [-0.05, 0) is 43.7 Å². The summed E-state index contributed by atoms with van der Waals surface area (Å²) in [5.74, 6) is 2.54. The fourth-order valence-corrected chi connectivity index (χ4v) is 4.43. The van der Waals surface area contributed by atoms with Crippen LogP contribution in [-0.2, 0) is 30.6 Å². The lowest BCUT2D eigenvalue weighted by Gasteiger charge is -2.17. The van der Waals surface area contributed by atoms with E-state index in [9.17, 15) is 4.79 Å². The number of aryl methyl sites for hydroxylation is 1. The first-order valence-electron chi connectivity index (χ1n) is 10.9. The molecule has 0 saturated carbocycles. The molecule has 5 nitrogen and oxygen atoms in total. The number of rotatable bonds is 10. The maximum absolute atomic E-state index is 12.4. The van der Waals surface area contributed by atoms with Crippen LogP contribution in [0.1, 0.15) is 81.6 Å². The van der Waals surface area contributed by atoms with Crippen molar-refractivity contribution >= 4 is 5.91 Å². The topological polar surface area (TPSA) is 59.8 Å². The van der Waals surface area contributed by atoms with E-state index in [0.29, 0.717) is 24.8 Å². The number of nitrogens with one attached hydrogen (secondary N) is 1. The first-order chi connectivity index (χ1) is 13.7. The zero-order valence-electron chi connectivity index (χ0n) is 17.6. The van der Waals surface area contributed by atoms with Gasteiger partial charge in [-0.1, -0.05) is 51.0 Å². The molecule has 0 unspecified atom stereocenters. The molecular formula is C23H34N4O.